The normalized spacial score (nSPS) is 13.5. The maximum atomic E-state index is 14.8. The molecular formula is C24H24F2N6O2S. The molecule has 8 nitrogen and oxygen atoms in total. The summed E-state index contributed by atoms with van der Waals surface area (Å²) in [6.07, 6.45) is 6.22. The first kappa shape index (κ1) is 24.5. The van der Waals surface area contributed by atoms with Crippen LogP contribution in [-0.4, -0.2) is 43.4 Å². The fourth-order valence-electron chi connectivity index (χ4n) is 3.71. The number of aryl methyl sites for hydroxylation is 2. The van der Waals surface area contributed by atoms with Gasteiger partial charge in [0.25, 0.3) is 0 Å². The van der Waals surface area contributed by atoms with E-state index >= 15 is 0 Å². The van der Waals surface area contributed by atoms with Gasteiger partial charge in [0.05, 0.1) is 16.6 Å². The summed E-state index contributed by atoms with van der Waals surface area (Å²) in [7, 11) is -3.86. The first-order chi connectivity index (χ1) is 16.6. The molecule has 4 rings (SSSR count). The number of para-hydroxylation sites is 1. The van der Waals surface area contributed by atoms with E-state index in [2.05, 4.69) is 25.1 Å². The van der Waals surface area contributed by atoms with Crippen LogP contribution >= 0.6 is 0 Å². The third kappa shape index (κ3) is 4.95. The van der Waals surface area contributed by atoms with Gasteiger partial charge in [0.2, 0.25) is 0 Å². The summed E-state index contributed by atoms with van der Waals surface area (Å²) in [5.41, 5.74) is 2.03. The molecule has 0 fully saturated rings. The zero-order valence-corrected chi connectivity index (χ0v) is 20.5. The molecule has 0 aliphatic carbocycles. The van der Waals surface area contributed by atoms with Gasteiger partial charge in [-0.1, -0.05) is 13.0 Å². The summed E-state index contributed by atoms with van der Waals surface area (Å²) in [5, 5.41) is 7.26. The van der Waals surface area contributed by atoms with Crippen LogP contribution in [0.3, 0.4) is 0 Å². The lowest BCUT2D eigenvalue weighted by molar-refractivity contribution is 0.557. The smallest absolute Gasteiger partial charge is 0.170 e. The zero-order chi connectivity index (χ0) is 25.3. The molecule has 1 aromatic carbocycles. The van der Waals surface area contributed by atoms with Crippen molar-refractivity contribution < 1.29 is 17.2 Å². The van der Waals surface area contributed by atoms with Crippen molar-refractivity contribution in [2.45, 2.75) is 44.6 Å². The minimum Gasteiger partial charge on any atom is -0.272 e. The molecule has 3 heterocycles. The summed E-state index contributed by atoms with van der Waals surface area (Å²) in [6, 6.07) is 5.14. The lowest BCUT2D eigenvalue weighted by atomic mass is 10.1. The molecule has 0 saturated heterocycles. The van der Waals surface area contributed by atoms with E-state index in [-0.39, 0.29) is 11.6 Å². The zero-order valence-electron chi connectivity index (χ0n) is 19.6. The summed E-state index contributed by atoms with van der Waals surface area (Å²) >= 11 is 0. The highest BCUT2D eigenvalue weighted by Gasteiger charge is 2.32. The van der Waals surface area contributed by atoms with Crippen LogP contribution in [-0.2, 0) is 15.6 Å². The first-order valence-corrected chi connectivity index (χ1v) is 12.6. The lowest BCUT2D eigenvalue weighted by Crippen LogP contribution is -2.27. The van der Waals surface area contributed by atoms with E-state index in [1.165, 1.54) is 12.3 Å². The summed E-state index contributed by atoms with van der Waals surface area (Å²) in [4.78, 5) is 12.6. The van der Waals surface area contributed by atoms with Crippen LogP contribution < -0.4 is 0 Å². The highest BCUT2D eigenvalue weighted by Crippen LogP contribution is 2.30. The van der Waals surface area contributed by atoms with E-state index in [9.17, 15) is 17.2 Å². The molecule has 0 aliphatic heterocycles. The molecule has 0 spiro atoms. The predicted molar refractivity (Wildman–Crippen MR) is 127 cm³/mol. The second-order valence-corrected chi connectivity index (χ2v) is 10.8. The Hall–Kier alpha value is -3.60. The standard InChI is InChI=1S/C24H24F2N6O2S/c1-14-8-18(11-27-9-14)24-31-30-22(32(24)23-19(25)6-5-7-20(23)26)13-35(33,34)17(4)16(3)21-12-28-15(2)10-29-21/h5-12,16-17H,13H2,1-4H3/t16-,17-/m0/s1. The number of hydrogen-bond donors (Lipinski definition) is 0. The summed E-state index contributed by atoms with van der Waals surface area (Å²) in [6.45, 7) is 6.91. The number of hydrogen-bond acceptors (Lipinski definition) is 7. The molecule has 0 unspecified atom stereocenters. The monoisotopic (exact) mass is 498 g/mol. The number of nitrogens with zero attached hydrogens (tertiary/aromatic N) is 6. The third-order valence-corrected chi connectivity index (χ3v) is 8.09. The Morgan fingerprint density at radius 2 is 1.69 bits per heavy atom. The van der Waals surface area contributed by atoms with Gasteiger partial charge >= 0.3 is 0 Å². The number of halogens is 2. The van der Waals surface area contributed by atoms with Crippen molar-refractivity contribution in [2.24, 2.45) is 0 Å². The van der Waals surface area contributed by atoms with E-state index in [0.717, 1.165) is 28.0 Å². The first-order valence-electron chi connectivity index (χ1n) is 10.9. The van der Waals surface area contributed by atoms with Gasteiger partial charge in [-0.05, 0) is 44.5 Å². The van der Waals surface area contributed by atoms with Crippen molar-refractivity contribution >= 4 is 9.84 Å². The molecule has 4 aromatic rings. The van der Waals surface area contributed by atoms with Crippen LogP contribution in [0.1, 0.15) is 42.5 Å². The number of benzene rings is 1. The fourth-order valence-corrected chi connectivity index (χ4v) is 5.28. The minimum atomic E-state index is -3.86. The van der Waals surface area contributed by atoms with E-state index in [1.807, 2.05) is 6.92 Å². The molecule has 0 bridgehead atoms. The second-order valence-electron chi connectivity index (χ2n) is 8.48. The van der Waals surface area contributed by atoms with Crippen LogP contribution in [0.25, 0.3) is 17.1 Å². The van der Waals surface area contributed by atoms with Gasteiger partial charge < -0.3 is 0 Å². The molecule has 182 valence electrons. The van der Waals surface area contributed by atoms with Gasteiger partial charge in [-0.25, -0.2) is 17.2 Å². The van der Waals surface area contributed by atoms with Crippen LogP contribution in [0.15, 0.2) is 49.1 Å². The lowest BCUT2D eigenvalue weighted by Gasteiger charge is -2.20. The molecule has 11 heteroatoms. The van der Waals surface area contributed by atoms with E-state index < -0.39 is 44.1 Å². The number of aromatic nitrogens is 6. The van der Waals surface area contributed by atoms with E-state index in [4.69, 9.17) is 0 Å². The number of sulfone groups is 1. The Labute approximate surface area is 202 Å². The Kier molecular flexibility index (Phi) is 6.70. The van der Waals surface area contributed by atoms with Crippen molar-refractivity contribution in [1.82, 2.24) is 29.7 Å². The van der Waals surface area contributed by atoms with E-state index in [1.54, 1.807) is 45.4 Å². The SMILES string of the molecule is Cc1cncc(-c2nnc(CS(=O)(=O)[C@@H](C)[C@H](C)c3cnc(C)cn3)n2-c2c(F)cccc2F)c1. The van der Waals surface area contributed by atoms with Gasteiger partial charge in [0.1, 0.15) is 23.1 Å². The highest BCUT2D eigenvalue weighted by molar-refractivity contribution is 7.91. The highest BCUT2D eigenvalue weighted by atomic mass is 32.2. The molecule has 0 amide bonds. The van der Waals surface area contributed by atoms with Crippen molar-refractivity contribution in [3.8, 4) is 17.1 Å². The average molecular weight is 499 g/mol. The Morgan fingerprint density at radius 3 is 2.31 bits per heavy atom. The molecule has 2 atom stereocenters. The van der Waals surface area contributed by atoms with Crippen LogP contribution in [0.4, 0.5) is 8.78 Å². The Morgan fingerprint density at radius 1 is 0.971 bits per heavy atom. The predicted octanol–water partition coefficient (Wildman–Crippen LogP) is 4.12. The van der Waals surface area contributed by atoms with Crippen LogP contribution in [0, 0.1) is 25.5 Å². The molecule has 0 radical (unpaired) electrons. The van der Waals surface area contributed by atoms with Crippen molar-refractivity contribution in [3.05, 3.63) is 83.5 Å². The molecule has 0 saturated carbocycles. The van der Waals surface area contributed by atoms with Crippen molar-refractivity contribution in [3.63, 3.8) is 0 Å². The molecule has 0 N–H and O–H groups in total. The number of pyridine rings is 1. The summed E-state index contributed by atoms with van der Waals surface area (Å²) in [5.74, 6) is -2.84. The topological polar surface area (TPSA) is 104 Å². The second kappa shape index (κ2) is 9.57. The largest absolute Gasteiger partial charge is 0.272 e. The van der Waals surface area contributed by atoms with E-state index in [0.29, 0.717) is 11.3 Å². The number of rotatable bonds is 7. The van der Waals surface area contributed by atoms with Gasteiger partial charge in [-0.3, -0.25) is 19.5 Å². The van der Waals surface area contributed by atoms with Gasteiger partial charge in [0, 0.05) is 36.3 Å². The molecular weight excluding hydrogens is 474 g/mol. The maximum absolute atomic E-state index is 14.8. The Balaban J connectivity index is 1.79. The molecule has 35 heavy (non-hydrogen) atoms. The fraction of sp³-hybridized carbons (Fsp3) is 0.292. The average Bonchev–Trinajstić information content (AvgIpc) is 3.21. The maximum Gasteiger partial charge on any atom is 0.170 e. The van der Waals surface area contributed by atoms with Gasteiger partial charge in [-0.15, -0.1) is 10.2 Å². The van der Waals surface area contributed by atoms with Crippen molar-refractivity contribution in [1.29, 1.82) is 0 Å². The molecule has 0 aliphatic rings. The third-order valence-electron chi connectivity index (χ3n) is 5.89. The van der Waals surface area contributed by atoms with Gasteiger partial charge in [0.15, 0.2) is 21.5 Å². The van der Waals surface area contributed by atoms with Crippen LogP contribution in [0.2, 0.25) is 0 Å². The summed E-state index contributed by atoms with van der Waals surface area (Å²) < 4.78 is 57.6. The van der Waals surface area contributed by atoms with Crippen LogP contribution in [0.5, 0.6) is 0 Å². The van der Waals surface area contributed by atoms with Gasteiger partial charge in [-0.2, -0.15) is 0 Å². The Bertz CT molecular complexity index is 1450. The minimum absolute atomic E-state index is 0.0838. The molecule has 3 aromatic heterocycles. The van der Waals surface area contributed by atoms with Crippen molar-refractivity contribution in [2.75, 3.05) is 0 Å². The quantitative estimate of drug-likeness (QED) is 0.378.